The van der Waals surface area contributed by atoms with Crippen LogP contribution >= 0.6 is 23.1 Å². The summed E-state index contributed by atoms with van der Waals surface area (Å²) in [6, 6.07) is 12.6. The van der Waals surface area contributed by atoms with Crippen LogP contribution in [0.2, 0.25) is 0 Å². The quantitative estimate of drug-likeness (QED) is 0.331. The van der Waals surface area contributed by atoms with Crippen molar-refractivity contribution in [2.75, 3.05) is 12.9 Å². The van der Waals surface area contributed by atoms with E-state index in [2.05, 4.69) is 30.5 Å². The van der Waals surface area contributed by atoms with Crippen LogP contribution in [0.5, 0.6) is 0 Å². The van der Waals surface area contributed by atoms with Gasteiger partial charge in [-0.15, -0.1) is 23.1 Å². The average Bonchev–Trinajstić information content (AvgIpc) is 3.13. The minimum absolute atomic E-state index is 0.0236. The Hall–Kier alpha value is -1.14. The molecule has 1 aromatic heterocycles. The first-order chi connectivity index (χ1) is 12.4. The molecule has 0 spiro atoms. The van der Waals surface area contributed by atoms with Crippen LogP contribution in [0.4, 0.5) is 0 Å². The molecule has 2 aromatic rings. The van der Waals surface area contributed by atoms with Crippen LogP contribution in [0.1, 0.15) is 52.7 Å². The summed E-state index contributed by atoms with van der Waals surface area (Å²) in [4.78, 5) is 15.6. The van der Waals surface area contributed by atoms with Crippen molar-refractivity contribution in [2.45, 2.75) is 55.9 Å². The highest BCUT2D eigenvalue weighted by molar-refractivity contribution is 7.98. The average molecular weight is 392 g/mol. The van der Waals surface area contributed by atoms with Gasteiger partial charge < -0.3 is 10.8 Å². The van der Waals surface area contributed by atoms with Crippen molar-refractivity contribution in [2.24, 2.45) is 5.73 Å². The maximum absolute atomic E-state index is 12.4. The molecule has 1 unspecified atom stereocenters. The molecule has 1 atom stereocenters. The molecule has 0 aliphatic carbocycles. The largest absolute Gasteiger partial charge is 0.394 e. The number of nitrogens with two attached hydrogens (primary N) is 1. The molecule has 3 nitrogen and oxygen atoms in total. The highest BCUT2D eigenvalue weighted by atomic mass is 32.2. The molecule has 26 heavy (non-hydrogen) atoms. The van der Waals surface area contributed by atoms with Crippen LogP contribution in [0, 0.1) is 0 Å². The number of thioether (sulfide) groups is 1. The Morgan fingerprint density at radius 3 is 2.54 bits per heavy atom. The third-order valence-electron chi connectivity index (χ3n) is 4.52. The molecule has 1 heterocycles. The minimum atomic E-state index is -0.553. The number of hydrogen-bond acceptors (Lipinski definition) is 5. The first-order valence-electron chi connectivity index (χ1n) is 9.08. The van der Waals surface area contributed by atoms with Gasteiger partial charge in [0.2, 0.25) is 0 Å². The van der Waals surface area contributed by atoms with E-state index in [4.69, 9.17) is 5.73 Å². The molecule has 0 aliphatic rings. The number of ketones is 1. The molecule has 0 aliphatic heterocycles. The van der Waals surface area contributed by atoms with Crippen molar-refractivity contribution in [3.63, 3.8) is 0 Å². The number of aliphatic hydroxyl groups excluding tert-OH is 1. The lowest BCUT2D eigenvalue weighted by Crippen LogP contribution is -2.40. The number of aliphatic hydroxyl groups is 1. The Morgan fingerprint density at radius 1 is 1.15 bits per heavy atom. The van der Waals surface area contributed by atoms with Gasteiger partial charge in [0, 0.05) is 21.7 Å². The monoisotopic (exact) mass is 391 g/mol. The fourth-order valence-corrected chi connectivity index (χ4v) is 4.06. The number of carbonyl (C=O) groups excluding carboxylic acids is 1. The van der Waals surface area contributed by atoms with E-state index in [0.29, 0.717) is 12.8 Å². The molecule has 0 saturated carbocycles. The first kappa shape index (κ1) is 21.2. The number of rotatable bonds is 11. The van der Waals surface area contributed by atoms with Crippen LogP contribution in [-0.4, -0.2) is 29.3 Å². The van der Waals surface area contributed by atoms with Crippen LogP contribution in [-0.2, 0) is 12.8 Å². The smallest absolute Gasteiger partial charge is 0.172 e. The minimum Gasteiger partial charge on any atom is -0.394 e. The lowest BCUT2D eigenvalue weighted by atomic mass is 9.98. The normalized spacial score (nSPS) is 13.5. The summed E-state index contributed by atoms with van der Waals surface area (Å²) in [5.74, 6) is 0.233. The molecule has 0 saturated heterocycles. The summed E-state index contributed by atoms with van der Waals surface area (Å²) in [6.45, 7) is 1.82. The van der Waals surface area contributed by atoms with E-state index in [1.54, 1.807) is 23.1 Å². The molecule has 2 rings (SSSR count). The van der Waals surface area contributed by atoms with Crippen molar-refractivity contribution < 1.29 is 9.90 Å². The lowest BCUT2D eigenvalue weighted by Gasteiger charge is -2.20. The highest BCUT2D eigenvalue weighted by Crippen LogP contribution is 2.22. The van der Waals surface area contributed by atoms with E-state index in [-0.39, 0.29) is 12.4 Å². The molecule has 0 amide bonds. The molecule has 0 fully saturated rings. The van der Waals surface area contributed by atoms with E-state index in [1.165, 1.54) is 10.5 Å². The molecule has 3 N–H and O–H groups in total. The van der Waals surface area contributed by atoms with Gasteiger partial charge in [0.25, 0.3) is 0 Å². The van der Waals surface area contributed by atoms with E-state index < -0.39 is 5.54 Å². The first-order valence-corrected chi connectivity index (χ1v) is 11.1. The van der Waals surface area contributed by atoms with Crippen molar-refractivity contribution >= 4 is 28.9 Å². The zero-order valence-electron chi connectivity index (χ0n) is 15.7. The molecule has 5 heteroatoms. The van der Waals surface area contributed by atoms with E-state index in [0.717, 1.165) is 35.4 Å². The van der Waals surface area contributed by atoms with Gasteiger partial charge in [0.05, 0.1) is 11.5 Å². The number of aryl methyl sites for hydroxylation is 2. The molecule has 0 bridgehead atoms. The number of carbonyl (C=O) groups is 1. The van der Waals surface area contributed by atoms with Gasteiger partial charge in [0.15, 0.2) is 5.78 Å². The van der Waals surface area contributed by atoms with Crippen LogP contribution in [0.25, 0.3) is 0 Å². The summed E-state index contributed by atoms with van der Waals surface area (Å²) < 4.78 is 0. The van der Waals surface area contributed by atoms with Gasteiger partial charge in [-0.2, -0.15) is 0 Å². The second-order valence-corrected chi connectivity index (χ2v) is 9.10. The number of Topliss-reactive ketones (excluding diaryl/α,β-unsaturated/α-hetero) is 1. The number of hydrogen-bond donors (Lipinski definition) is 2. The fraction of sp³-hybridized carbons (Fsp3) is 0.476. The van der Waals surface area contributed by atoms with Gasteiger partial charge in [-0.25, -0.2) is 0 Å². The van der Waals surface area contributed by atoms with Gasteiger partial charge in [-0.1, -0.05) is 12.1 Å². The fourth-order valence-electron chi connectivity index (χ4n) is 2.68. The number of thiophene rings is 1. The van der Waals surface area contributed by atoms with E-state index >= 15 is 0 Å². The zero-order chi connectivity index (χ0) is 19.0. The Morgan fingerprint density at radius 2 is 1.88 bits per heavy atom. The summed E-state index contributed by atoms with van der Waals surface area (Å²) in [5.41, 5.74) is 6.74. The van der Waals surface area contributed by atoms with Crippen LogP contribution in [0.15, 0.2) is 41.3 Å². The standard InChI is InChI=1S/C21H29NO2S2/c1-21(22,15-23)14-13-18-11-12-20(26-18)19(24)6-4-3-5-16-7-9-17(25-2)10-8-16/h7-12,23H,3-6,13-15,22H2,1-2H3. The Labute approximate surface area is 165 Å². The highest BCUT2D eigenvalue weighted by Gasteiger charge is 2.17. The molecule has 1 aromatic carbocycles. The van der Waals surface area contributed by atoms with Crippen LogP contribution in [0.3, 0.4) is 0 Å². The van der Waals surface area contributed by atoms with Gasteiger partial charge >= 0.3 is 0 Å². The third-order valence-corrected chi connectivity index (χ3v) is 6.45. The van der Waals surface area contributed by atoms with Crippen LogP contribution < -0.4 is 5.73 Å². The number of unbranched alkanes of at least 4 members (excludes halogenated alkanes) is 1. The maximum atomic E-state index is 12.4. The number of benzene rings is 1. The van der Waals surface area contributed by atoms with Crippen molar-refractivity contribution in [1.29, 1.82) is 0 Å². The van der Waals surface area contributed by atoms with E-state index in [1.807, 2.05) is 19.1 Å². The topological polar surface area (TPSA) is 63.3 Å². The predicted octanol–water partition coefficient (Wildman–Crippen LogP) is 4.71. The van der Waals surface area contributed by atoms with Crippen molar-refractivity contribution in [3.05, 3.63) is 51.7 Å². The third kappa shape index (κ3) is 6.88. The van der Waals surface area contributed by atoms with E-state index in [9.17, 15) is 9.90 Å². The van der Waals surface area contributed by atoms with Gasteiger partial charge in [0.1, 0.15) is 0 Å². The Kier molecular flexibility index (Phi) is 8.35. The maximum Gasteiger partial charge on any atom is 0.172 e. The van der Waals surface area contributed by atoms with Gasteiger partial charge in [-0.3, -0.25) is 4.79 Å². The summed E-state index contributed by atoms with van der Waals surface area (Å²) in [5, 5.41) is 9.22. The summed E-state index contributed by atoms with van der Waals surface area (Å²) in [7, 11) is 0. The van der Waals surface area contributed by atoms with Crippen molar-refractivity contribution in [3.8, 4) is 0 Å². The second-order valence-electron chi connectivity index (χ2n) is 7.06. The Bertz CT molecular complexity index is 692. The SMILES string of the molecule is CSc1ccc(CCCCC(=O)c2ccc(CCC(C)(N)CO)s2)cc1. The molecule has 142 valence electrons. The lowest BCUT2D eigenvalue weighted by molar-refractivity contribution is 0.0983. The Balaban J connectivity index is 1.72. The molecule has 0 radical (unpaired) electrons. The van der Waals surface area contributed by atoms with Crippen molar-refractivity contribution in [1.82, 2.24) is 0 Å². The summed E-state index contributed by atoms with van der Waals surface area (Å²) in [6.07, 6.45) is 7.18. The predicted molar refractivity (Wildman–Crippen MR) is 112 cm³/mol. The second kappa shape index (κ2) is 10.3. The summed E-state index contributed by atoms with van der Waals surface area (Å²) >= 11 is 3.31. The zero-order valence-corrected chi connectivity index (χ0v) is 17.3. The molecular weight excluding hydrogens is 362 g/mol. The molecular formula is C21H29NO2S2. The van der Waals surface area contributed by atoms with Gasteiger partial charge in [-0.05, 0) is 75.1 Å².